The topological polar surface area (TPSA) is 44.8 Å². The molecule has 0 radical (unpaired) electrons. The lowest BCUT2D eigenvalue weighted by Crippen LogP contribution is -2.51. The number of rotatable bonds is 11. The summed E-state index contributed by atoms with van der Waals surface area (Å²) in [6, 6.07) is 10.4. The largest absolute Gasteiger partial charge is 0.456 e. The zero-order valence-corrected chi connectivity index (χ0v) is 18.5. The molecule has 0 bridgehead atoms. The van der Waals surface area contributed by atoms with E-state index in [0.29, 0.717) is 12.8 Å². The average Bonchev–Trinajstić information content (AvgIpc) is 3.02. The van der Waals surface area contributed by atoms with Crippen LogP contribution in [0.4, 0.5) is 0 Å². The van der Waals surface area contributed by atoms with Gasteiger partial charge in [0.05, 0.1) is 6.42 Å². The summed E-state index contributed by atoms with van der Waals surface area (Å²) >= 11 is 0. The number of hydrogen-bond acceptors (Lipinski definition) is 4. The Morgan fingerprint density at radius 3 is 2.53 bits per heavy atom. The van der Waals surface area contributed by atoms with E-state index in [0.717, 1.165) is 19.3 Å². The minimum atomic E-state index is -0.534. The molecule has 0 N–H and O–H groups in total. The van der Waals surface area contributed by atoms with E-state index in [1.54, 1.807) is 0 Å². The van der Waals surface area contributed by atoms with E-state index < -0.39 is 5.60 Å². The van der Waals surface area contributed by atoms with Crippen molar-refractivity contribution in [3.63, 3.8) is 0 Å². The van der Waals surface area contributed by atoms with Gasteiger partial charge in [-0.2, -0.15) is 0 Å². The van der Waals surface area contributed by atoms with Gasteiger partial charge in [0.1, 0.15) is 17.3 Å². The number of ether oxygens (including phenoxy) is 1. The van der Waals surface area contributed by atoms with E-state index in [4.69, 9.17) is 14.5 Å². The van der Waals surface area contributed by atoms with E-state index >= 15 is 0 Å². The molecule has 2 heterocycles. The minimum Gasteiger partial charge on any atom is -0.456 e. The Kier molecular flexibility index (Phi) is 8.29. The molecule has 30 heavy (non-hydrogen) atoms. The molecule has 1 aromatic rings. The second-order valence-electron chi connectivity index (χ2n) is 9.14. The normalized spacial score (nSPS) is 28.9. The standard InChI is InChI=1S/C26H36O4/c1-25(21-26(2)23(29-30-25)20-24(27)28-26)19-15-10-8-6-4-3-5-7-9-12-16-22-17-13-11-14-18-22/h7,9,11-14,16-18,23H,3-6,8,10,15,19-21H2,1-2H3/b9-7+,16-12+/t23-,25+,26-/m1/s1. The maximum Gasteiger partial charge on any atom is 0.309 e. The van der Waals surface area contributed by atoms with Crippen molar-refractivity contribution < 1.29 is 19.3 Å². The number of fused-ring (bicyclic) bond motifs is 1. The lowest BCUT2D eigenvalue weighted by Gasteiger charge is -2.43. The number of unbranched alkanes of at least 4 members (excludes halogenated alkanes) is 6. The highest BCUT2D eigenvalue weighted by atomic mass is 17.2. The first-order valence-electron chi connectivity index (χ1n) is 11.4. The predicted octanol–water partition coefficient (Wildman–Crippen LogP) is 6.56. The van der Waals surface area contributed by atoms with Crippen molar-refractivity contribution in [2.75, 3.05) is 0 Å². The van der Waals surface area contributed by atoms with E-state index in [1.807, 2.05) is 13.0 Å². The second kappa shape index (κ2) is 10.9. The molecule has 2 fully saturated rings. The van der Waals surface area contributed by atoms with Gasteiger partial charge in [0.2, 0.25) is 0 Å². The highest BCUT2D eigenvalue weighted by Crippen LogP contribution is 2.44. The average molecular weight is 413 g/mol. The van der Waals surface area contributed by atoms with E-state index in [2.05, 4.69) is 55.5 Å². The van der Waals surface area contributed by atoms with Gasteiger partial charge in [-0.15, -0.1) is 0 Å². The smallest absolute Gasteiger partial charge is 0.309 e. The van der Waals surface area contributed by atoms with Crippen LogP contribution in [0.2, 0.25) is 0 Å². The molecule has 2 aliphatic rings. The SMILES string of the molecule is C[C@]1(CCCCCCCC/C=C/C=C/c2ccccc2)C[C@@]2(C)OC(=O)C[C@H]2OO1. The van der Waals surface area contributed by atoms with Gasteiger partial charge in [0, 0.05) is 6.42 Å². The summed E-state index contributed by atoms with van der Waals surface area (Å²) in [7, 11) is 0. The van der Waals surface area contributed by atoms with Crippen LogP contribution in [0.5, 0.6) is 0 Å². The maximum absolute atomic E-state index is 11.6. The summed E-state index contributed by atoms with van der Waals surface area (Å²) in [5.74, 6) is -0.183. The number of benzene rings is 1. The number of allylic oxidation sites excluding steroid dienone is 3. The zero-order valence-electron chi connectivity index (χ0n) is 18.5. The van der Waals surface area contributed by atoms with Crippen LogP contribution < -0.4 is 0 Å². The van der Waals surface area contributed by atoms with Gasteiger partial charge in [-0.25, -0.2) is 9.78 Å². The molecule has 4 heteroatoms. The van der Waals surface area contributed by atoms with Gasteiger partial charge < -0.3 is 4.74 Å². The third-order valence-corrected chi connectivity index (χ3v) is 6.13. The van der Waals surface area contributed by atoms with Gasteiger partial charge >= 0.3 is 5.97 Å². The highest BCUT2D eigenvalue weighted by Gasteiger charge is 2.55. The molecule has 0 aromatic heterocycles. The lowest BCUT2D eigenvalue weighted by atomic mass is 9.82. The summed E-state index contributed by atoms with van der Waals surface area (Å²) in [6.45, 7) is 4.04. The molecule has 1 aromatic carbocycles. The first-order chi connectivity index (χ1) is 14.5. The summed E-state index contributed by atoms with van der Waals surface area (Å²) in [6.07, 6.45) is 18.8. The lowest BCUT2D eigenvalue weighted by molar-refractivity contribution is -0.428. The molecule has 3 atom stereocenters. The van der Waals surface area contributed by atoms with Crippen LogP contribution in [0, 0.1) is 0 Å². The van der Waals surface area contributed by atoms with Crippen LogP contribution in [0.3, 0.4) is 0 Å². The summed E-state index contributed by atoms with van der Waals surface area (Å²) in [4.78, 5) is 22.8. The summed E-state index contributed by atoms with van der Waals surface area (Å²) in [5, 5.41) is 0. The molecule has 4 nitrogen and oxygen atoms in total. The van der Waals surface area contributed by atoms with Gasteiger partial charge in [0.25, 0.3) is 0 Å². The van der Waals surface area contributed by atoms with Crippen LogP contribution in [-0.4, -0.2) is 23.3 Å². The van der Waals surface area contributed by atoms with Crippen molar-refractivity contribution >= 4 is 12.0 Å². The molecule has 0 saturated carbocycles. The summed E-state index contributed by atoms with van der Waals surface area (Å²) < 4.78 is 5.52. The van der Waals surface area contributed by atoms with Crippen molar-refractivity contribution in [1.29, 1.82) is 0 Å². The quantitative estimate of drug-likeness (QED) is 0.179. The Balaban J connectivity index is 1.20. The molecule has 0 unspecified atom stereocenters. The molecule has 164 valence electrons. The van der Waals surface area contributed by atoms with Crippen LogP contribution in [0.1, 0.15) is 83.6 Å². The Labute approximate surface area is 181 Å². The fourth-order valence-electron chi connectivity index (χ4n) is 4.47. The van der Waals surface area contributed by atoms with Crippen LogP contribution in [-0.2, 0) is 19.3 Å². The van der Waals surface area contributed by atoms with E-state index in [-0.39, 0.29) is 17.7 Å². The van der Waals surface area contributed by atoms with Gasteiger partial charge in [0.15, 0.2) is 0 Å². The Morgan fingerprint density at radius 1 is 1.00 bits per heavy atom. The monoisotopic (exact) mass is 412 g/mol. The van der Waals surface area contributed by atoms with Crippen molar-refractivity contribution in [2.45, 2.75) is 95.4 Å². The first kappa shape index (κ1) is 22.8. The first-order valence-corrected chi connectivity index (χ1v) is 11.4. The Morgan fingerprint density at radius 2 is 1.73 bits per heavy atom. The molecule has 0 amide bonds. The number of hydrogen-bond donors (Lipinski definition) is 0. The van der Waals surface area contributed by atoms with Gasteiger partial charge in [-0.3, -0.25) is 4.79 Å². The summed E-state index contributed by atoms with van der Waals surface area (Å²) in [5.41, 5.74) is 0.335. The minimum absolute atomic E-state index is 0.183. The van der Waals surface area contributed by atoms with E-state index in [1.165, 1.54) is 37.7 Å². The molecule has 0 spiro atoms. The second-order valence-corrected chi connectivity index (χ2v) is 9.14. The van der Waals surface area contributed by atoms with Crippen molar-refractivity contribution in [2.24, 2.45) is 0 Å². The molecule has 0 aliphatic carbocycles. The van der Waals surface area contributed by atoms with Crippen molar-refractivity contribution in [1.82, 2.24) is 0 Å². The molecule has 2 saturated heterocycles. The molecular formula is C26H36O4. The van der Waals surface area contributed by atoms with Crippen LogP contribution in [0.25, 0.3) is 6.08 Å². The number of carbonyl (C=O) groups is 1. The zero-order chi connectivity index (χ0) is 21.3. The van der Waals surface area contributed by atoms with Crippen LogP contribution in [0.15, 0.2) is 48.6 Å². The molecule has 3 rings (SSSR count). The number of carbonyl (C=O) groups excluding carboxylic acids is 1. The van der Waals surface area contributed by atoms with Crippen molar-refractivity contribution in [3.05, 3.63) is 54.1 Å². The third-order valence-electron chi connectivity index (χ3n) is 6.13. The van der Waals surface area contributed by atoms with E-state index in [9.17, 15) is 4.79 Å². The van der Waals surface area contributed by atoms with Gasteiger partial charge in [-0.05, 0) is 38.7 Å². The molecular weight excluding hydrogens is 376 g/mol. The fourth-order valence-corrected chi connectivity index (χ4v) is 4.47. The van der Waals surface area contributed by atoms with Gasteiger partial charge in [-0.1, -0.05) is 86.7 Å². The number of esters is 1. The Bertz CT molecular complexity index is 726. The molecule has 2 aliphatic heterocycles. The Hall–Kier alpha value is -1.91. The van der Waals surface area contributed by atoms with Crippen LogP contribution >= 0.6 is 0 Å². The predicted molar refractivity (Wildman–Crippen MR) is 120 cm³/mol. The third kappa shape index (κ3) is 6.82. The fraction of sp³-hybridized carbons (Fsp3) is 0.577. The van der Waals surface area contributed by atoms with Crippen molar-refractivity contribution in [3.8, 4) is 0 Å². The maximum atomic E-state index is 11.6. The highest BCUT2D eigenvalue weighted by molar-refractivity contribution is 5.73.